The number of aliphatic hydroxyl groups is 1. The van der Waals surface area contributed by atoms with Crippen molar-refractivity contribution >= 4 is 11.6 Å². The summed E-state index contributed by atoms with van der Waals surface area (Å²) in [7, 11) is 3.89. The molecule has 4 heteroatoms. The van der Waals surface area contributed by atoms with Crippen LogP contribution in [0.2, 0.25) is 0 Å². The molecule has 0 spiro atoms. The van der Waals surface area contributed by atoms with E-state index in [9.17, 15) is 4.79 Å². The molecule has 0 unspecified atom stereocenters. The van der Waals surface area contributed by atoms with Crippen molar-refractivity contribution in [1.29, 1.82) is 0 Å². The Morgan fingerprint density at radius 3 is 2.38 bits per heavy atom. The molecule has 0 aliphatic carbocycles. The zero-order chi connectivity index (χ0) is 12.1. The molecular formula is C12H18N2O2. The highest BCUT2D eigenvalue weighted by Crippen LogP contribution is 2.11. The number of benzene rings is 1. The molecule has 1 aromatic rings. The third kappa shape index (κ3) is 3.55. The van der Waals surface area contributed by atoms with E-state index in [1.165, 1.54) is 0 Å². The van der Waals surface area contributed by atoms with E-state index in [-0.39, 0.29) is 12.5 Å². The summed E-state index contributed by atoms with van der Waals surface area (Å²) in [5.74, 6) is -0.161. The Morgan fingerprint density at radius 1 is 1.38 bits per heavy atom. The first-order valence-electron chi connectivity index (χ1n) is 5.24. The van der Waals surface area contributed by atoms with Gasteiger partial charge in [-0.15, -0.1) is 0 Å². The lowest BCUT2D eigenvalue weighted by molar-refractivity contribution is 0.0924. The predicted molar refractivity (Wildman–Crippen MR) is 64.8 cm³/mol. The molecule has 2 N–H and O–H groups in total. The highest BCUT2D eigenvalue weighted by atomic mass is 16.3. The van der Waals surface area contributed by atoms with Gasteiger partial charge in [-0.2, -0.15) is 0 Å². The number of rotatable bonds is 4. The van der Waals surface area contributed by atoms with Crippen LogP contribution in [0.25, 0.3) is 0 Å². The number of hydrogen-bond donors (Lipinski definition) is 2. The molecule has 0 fully saturated rings. The van der Waals surface area contributed by atoms with E-state index < -0.39 is 6.10 Å². The van der Waals surface area contributed by atoms with Crippen molar-refractivity contribution in [2.45, 2.75) is 13.0 Å². The minimum Gasteiger partial charge on any atom is -0.392 e. The fourth-order valence-corrected chi connectivity index (χ4v) is 1.25. The molecule has 0 bridgehead atoms. The summed E-state index contributed by atoms with van der Waals surface area (Å²) in [5, 5.41) is 11.7. The molecule has 0 heterocycles. The molecule has 4 nitrogen and oxygen atoms in total. The van der Waals surface area contributed by atoms with Crippen LogP contribution in [0.5, 0.6) is 0 Å². The second kappa shape index (κ2) is 5.51. The van der Waals surface area contributed by atoms with Gasteiger partial charge in [0, 0.05) is 31.9 Å². The molecule has 0 aliphatic rings. The molecule has 0 radical (unpaired) electrons. The predicted octanol–water partition coefficient (Wildman–Crippen LogP) is 0.863. The first kappa shape index (κ1) is 12.5. The van der Waals surface area contributed by atoms with Crippen molar-refractivity contribution in [3.05, 3.63) is 29.8 Å². The summed E-state index contributed by atoms with van der Waals surface area (Å²) in [6, 6.07) is 7.31. The minimum atomic E-state index is -0.523. The van der Waals surface area contributed by atoms with E-state index in [1.807, 2.05) is 31.1 Å². The normalized spacial score (nSPS) is 12.0. The van der Waals surface area contributed by atoms with E-state index in [4.69, 9.17) is 5.11 Å². The summed E-state index contributed by atoms with van der Waals surface area (Å²) in [6.07, 6.45) is -0.523. The Hall–Kier alpha value is -1.55. The SMILES string of the molecule is C[C@H](O)CNC(=O)c1ccc(N(C)C)cc1. The summed E-state index contributed by atoms with van der Waals surface area (Å²) in [6.45, 7) is 1.91. The second-order valence-corrected chi connectivity index (χ2v) is 4.00. The number of carbonyl (C=O) groups is 1. The molecule has 0 saturated carbocycles. The summed E-state index contributed by atoms with van der Waals surface area (Å²) >= 11 is 0. The van der Waals surface area contributed by atoms with E-state index >= 15 is 0 Å². The van der Waals surface area contributed by atoms with Gasteiger partial charge in [0.05, 0.1) is 6.10 Å². The largest absolute Gasteiger partial charge is 0.392 e. The van der Waals surface area contributed by atoms with Crippen molar-refractivity contribution in [2.24, 2.45) is 0 Å². The van der Waals surface area contributed by atoms with Crippen LogP contribution >= 0.6 is 0 Å². The Bertz CT molecular complexity index is 345. The topological polar surface area (TPSA) is 52.6 Å². The number of carbonyl (C=O) groups excluding carboxylic acids is 1. The fraction of sp³-hybridized carbons (Fsp3) is 0.417. The van der Waals surface area contributed by atoms with Crippen molar-refractivity contribution in [2.75, 3.05) is 25.5 Å². The molecule has 1 atom stereocenters. The maximum absolute atomic E-state index is 11.6. The van der Waals surface area contributed by atoms with Gasteiger partial charge in [0.2, 0.25) is 0 Å². The van der Waals surface area contributed by atoms with Gasteiger partial charge in [-0.3, -0.25) is 4.79 Å². The zero-order valence-corrected chi connectivity index (χ0v) is 9.90. The monoisotopic (exact) mass is 222 g/mol. The summed E-state index contributed by atoms with van der Waals surface area (Å²) < 4.78 is 0. The molecule has 1 amide bonds. The van der Waals surface area contributed by atoms with Gasteiger partial charge in [0.25, 0.3) is 5.91 Å². The third-order valence-corrected chi connectivity index (χ3v) is 2.20. The van der Waals surface area contributed by atoms with Gasteiger partial charge in [-0.1, -0.05) is 0 Å². The lowest BCUT2D eigenvalue weighted by atomic mass is 10.2. The second-order valence-electron chi connectivity index (χ2n) is 4.00. The lowest BCUT2D eigenvalue weighted by Gasteiger charge is -2.12. The van der Waals surface area contributed by atoms with Gasteiger partial charge in [0.1, 0.15) is 0 Å². The molecule has 0 saturated heterocycles. The molecule has 1 rings (SSSR count). The van der Waals surface area contributed by atoms with Crippen LogP contribution < -0.4 is 10.2 Å². The number of anilines is 1. The standard InChI is InChI=1S/C12H18N2O2/c1-9(15)8-13-12(16)10-4-6-11(7-5-10)14(2)3/h4-7,9,15H,8H2,1-3H3,(H,13,16)/t9-/m0/s1. The maximum atomic E-state index is 11.6. The molecule has 16 heavy (non-hydrogen) atoms. The minimum absolute atomic E-state index is 0.161. The van der Waals surface area contributed by atoms with Crippen molar-refractivity contribution in [3.8, 4) is 0 Å². The molecule has 0 aliphatic heterocycles. The number of nitrogens with one attached hydrogen (secondary N) is 1. The van der Waals surface area contributed by atoms with Crippen LogP contribution in [0.4, 0.5) is 5.69 Å². The Kier molecular flexibility index (Phi) is 4.31. The summed E-state index contributed by atoms with van der Waals surface area (Å²) in [5.41, 5.74) is 1.65. The number of amides is 1. The van der Waals surface area contributed by atoms with Crippen molar-refractivity contribution in [3.63, 3.8) is 0 Å². The highest BCUT2D eigenvalue weighted by Gasteiger charge is 2.06. The smallest absolute Gasteiger partial charge is 0.251 e. The zero-order valence-electron chi connectivity index (χ0n) is 9.90. The Balaban J connectivity index is 2.63. The van der Waals surface area contributed by atoms with Crippen LogP contribution in [0, 0.1) is 0 Å². The van der Waals surface area contributed by atoms with Gasteiger partial charge >= 0.3 is 0 Å². The van der Waals surface area contributed by atoms with Crippen LogP contribution in [0.15, 0.2) is 24.3 Å². The van der Waals surface area contributed by atoms with E-state index in [0.717, 1.165) is 5.69 Å². The Labute approximate surface area is 95.9 Å². The van der Waals surface area contributed by atoms with E-state index in [2.05, 4.69) is 5.32 Å². The molecule has 88 valence electrons. The van der Waals surface area contributed by atoms with Gasteiger partial charge < -0.3 is 15.3 Å². The quantitative estimate of drug-likeness (QED) is 0.794. The van der Waals surface area contributed by atoms with Gasteiger partial charge in [-0.05, 0) is 31.2 Å². The van der Waals surface area contributed by atoms with Crippen LogP contribution in [0.1, 0.15) is 17.3 Å². The average molecular weight is 222 g/mol. The van der Waals surface area contributed by atoms with Crippen LogP contribution in [-0.4, -0.2) is 37.8 Å². The van der Waals surface area contributed by atoms with Crippen molar-refractivity contribution in [1.82, 2.24) is 5.32 Å². The highest BCUT2D eigenvalue weighted by molar-refractivity contribution is 5.94. The average Bonchev–Trinajstić information content (AvgIpc) is 2.26. The fourth-order valence-electron chi connectivity index (χ4n) is 1.25. The molecule has 0 aromatic heterocycles. The summed E-state index contributed by atoms with van der Waals surface area (Å²) in [4.78, 5) is 13.6. The maximum Gasteiger partial charge on any atom is 0.251 e. The van der Waals surface area contributed by atoms with Gasteiger partial charge in [0.15, 0.2) is 0 Å². The lowest BCUT2D eigenvalue weighted by Crippen LogP contribution is -2.30. The van der Waals surface area contributed by atoms with E-state index in [0.29, 0.717) is 5.56 Å². The van der Waals surface area contributed by atoms with Crippen LogP contribution in [0.3, 0.4) is 0 Å². The Morgan fingerprint density at radius 2 is 1.94 bits per heavy atom. The first-order chi connectivity index (χ1) is 7.50. The first-order valence-corrected chi connectivity index (χ1v) is 5.24. The van der Waals surface area contributed by atoms with Gasteiger partial charge in [-0.25, -0.2) is 0 Å². The third-order valence-electron chi connectivity index (χ3n) is 2.20. The number of nitrogens with zero attached hydrogens (tertiary/aromatic N) is 1. The number of aliphatic hydroxyl groups excluding tert-OH is 1. The van der Waals surface area contributed by atoms with E-state index in [1.54, 1.807) is 19.1 Å². The molecular weight excluding hydrogens is 204 g/mol. The number of hydrogen-bond acceptors (Lipinski definition) is 3. The van der Waals surface area contributed by atoms with Crippen molar-refractivity contribution < 1.29 is 9.90 Å². The molecule has 1 aromatic carbocycles. The van der Waals surface area contributed by atoms with Crippen LogP contribution in [-0.2, 0) is 0 Å².